The van der Waals surface area contributed by atoms with Gasteiger partial charge in [0, 0.05) is 32.5 Å². The smallest absolute Gasteiger partial charge is 0.276 e. The van der Waals surface area contributed by atoms with Gasteiger partial charge in [-0.15, -0.1) is 0 Å². The minimum Gasteiger partial charge on any atom is -0.334 e. The van der Waals surface area contributed by atoms with Gasteiger partial charge in [0.25, 0.3) is 11.8 Å². The molecule has 0 bridgehead atoms. The van der Waals surface area contributed by atoms with Crippen LogP contribution < -0.4 is 5.32 Å². The van der Waals surface area contributed by atoms with Crippen molar-refractivity contribution in [2.24, 2.45) is 7.05 Å². The van der Waals surface area contributed by atoms with Crippen LogP contribution >= 0.6 is 0 Å². The summed E-state index contributed by atoms with van der Waals surface area (Å²) in [6, 6.07) is 8.33. The van der Waals surface area contributed by atoms with Crippen LogP contribution in [0, 0.1) is 11.6 Å². The van der Waals surface area contributed by atoms with Crippen LogP contribution in [0.1, 0.15) is 39.9 Å². The predicted octanol–water partition coefficient (Wildman–Crippen LogP) is 3.67. The Morgan fingerprint density at radius 1 is 1.12 bits per heavy atom. The molecule has 1 aromatic carbocycles. The van der Waals surface area contributed by atoms with Gasteiger partial charge in [-0.25, -0.2) is 8.78 Å². The molecule has 0 unspecified atom stereocenters. The number of amides is 2. The molecule has 0 radical (unpaired) electrons. The van der Waals surface area contributed by atoms with Crippen molar-refractivity contribution >= 4 is 23.1 Å². The highest BCUT2D eigenvalue weighted by molar-refractivity contribution is 6.03. The molecule has 0 spiro atoms. The largest absolute Gasteiger partial charge is 0.334 e. The number of carbonyl (C=O) groups is 2. The average Bonchev–Trinajstić information content (AvgIpc) is 3.18. The topological polar surface area (TPSA) is 80.1 Å². The molecule has 0 saturated heterocycles. The number of nitrogens with one attached hydrogen (secondary N) is 1. The molecule has 1 aliphatic heterocycles. The molecule has 0 atom stereocenters. The van der Waals surface area contributed by atoms with Crippen LogP contribution in [0.15, 0.2) is 54.4 Å². The highest BCUT2D eigenvalue weighted by Gasteiger charge is 2.26. The van der Waals surface area contributed by atoms with Crippen molar-refractivity contribution in [3.63, 3.8) is 0 Å². The number of nitrogens with zero attached hydrogens (tertiary/aromatic N) is 4. The number of pyridine rings is 1. The molecular formula is C23H21F2N5O2. The SMILES string of the molecule is CC1=C(c2cc(C(=O)Nc3c(F)cccc3F)nn2C)CN(C(=O)c2cccnc2)CC1. The van der Waals surface area contributed by atoms with Crippen molar-refractivity contribution < 1.29 is 18.4 Å². The maximum absolute atomic E-state index is 13.9. The summed E-state index contributed by atoms with van der Waals surface area (Å²) in [7, 11) is 1.68. The number of halogens is 2. The molecule has 2 aromatic heterocycles. The van der Waals surface area contributed by atoms with E-state index < -0.39 is 23.2 Å². The number of anilines is 1. The van der Waals surface area contributed by atoms with Gasteiger partial charge in [-0.2, -0.15) is 5.10 Å². The normalized spacial score (nSPS) is 13.9. The number of carbonyl (C=O) groups excluding carboxylic acids is 2. The number of hydrogen-bond donors (Lipinski definition) is 1. The van der Waals surface area contributed by atoms with Gasteiger partial charge in [0.1, 0.15) is 17.3 Å². The Bertz CT molecular complexity index is 1200. The predicted molar refractivity (Wildman–Crippen MR) is 115 cm³/mol. The van der Waals surface area contributed by atoms with Crippen molar-refractivity contribution in [1.29, 1.82) is 0 Å². The van der Waals surface area contributed by atoms with Gasteiger partial charge in [0.15, 0.2) is 5.69 Å². The number of rotatable bonds is 4. The summed E-state index contributed by atoms with van der Waals surface area (Å²) >= 11 is 0. The first kappa shape index (κ1) is 21.4. The van der Waals surface area contributed by atoms with Crippen LogP contribution in [-0.2, 0) is 7.05 Å². The number of aryl methyl sites for hydroxylation is 1. The molecule has 2 amide bonds. The van der Waals surface area contributed by atoms with E-state index in [1.165, 1.54) is 16.9 Å². The zero-order valence-corrected chi connectivity index (χ0v) is 17.6. The van der Waals surface area contributed by atoms with E-state index in [9.17, 15) is 18.4 Å². The molecule has 3 heterocycles. The Labute approximate surface area is 183 Å². The van der Waals surface area contributed by atoms with E-state index in [-0.39, 0.29) is 11.6 Å². The molecule has 0 fully saturated rings. The average molecular weight is 437 g/mol. The summed E-state index contributed by atoms with van der Waals surface area (Å²) in [4.78, 5) is 31.2. The number of hydrogen-bond acceptors (Lipinski definition) is 4. The molecule has 32 heavy (non-hydrogen) atoms. The lowest BCUT2D eigenvalue weighted by molar-refractivity contribution is 0.0772. The van der Waals surface area contributed by atoms with Crippen LogP contribution in [0.3, 0.4) is 0 Å². The van der Waals surface area contributed by atoms with Gasteiger partial charge in [-0.3, -0.25) is 19.3 Å². The van der Waals surface area contributed by atoms with E-state index in [1.807, 2.05) is 6.92 Å². The van der Waals surface area contributed by atoms with Crippen LogP contribution in [0.2, 0.25) is 0 Å². The second-order valence-corrected chi connectivity index (χ2v) is 7.57. The zero-order valence-electron chi connectivity index (χ0n) is 17.6. The van der Waals surface area contributed by atoms with Crippen LogP contribution in [0.25, 0.3) is 5.57 Å². The van der Waals surface area contributed by atoms with Gasteiger partial charge in [-0.05, 0) is 49.2 Å². The lowest BCUT2D eigenvalue weighted by Crippen LogP contribution is -2.36. The first-order valence-corrected chi connectivity index (χ1v) is 10.0. The lowest BCUT2D eigenvalue weighted by atomic mass is 9.98. The Balaban J connectivity index is 1.57. The summed E-state index contributed by atoms with van der Waals surface area (Å²) < 4.78 is 29.3. The fourth-order valence-corrected chi connectivity index (χ4v) is 3.66. The summed E-state index contributed by atoms with van der Waals surface area (Å²) in [6.45, 7) is 2.89. The Kier molecular flexibility index (Phi) is 5.81. The van der Waals surface area contributed by atoms with Gasteiger partial charge in [0.2, 0.25) is 0 Å². The first-order valence-electron chi connectivity index (χ1n) is 10.0. The maximum Gasteiger partial charge on any atom is 0.276 e. The second kappa shape index (κ2) is 8.70. The summed E-state index contributed by atoms with van der Waals surface area (Å²) in [6.07, 6.45) is 3.81. The van der Waals surface area contributed by atoms with Crippen LogP contribution in [0.5, 0.6) is 0 Å². The lowest BCUT2D eigenvalue weighted by Gasteiger charge is -2.30. The van der Waals surface area contributed by atoms with Gasteiger partial charge < -0.3 is 10.2 Å². The molecule has 4 rings (SSSR count). The number of aromatic nitrogens is 3. The van der Waals surface area contributed by atoms with Crippen molar-refractivity contribution in [3.8, 4) is 0 Å². The van der Waals surface area contributed by atoms with Crippen molar-refractivity contribution in [3.05, 3.63) is 83.0 Å². The van der Waals surface area contributed by atoms with Crippen molar-refractivity contribution in [2.45, 2.75) is 13.3 Å². The van der Waals surface area contributed by atoms with E-state index in [0.717, 1.165) is 23.3 Å². The van der Waals surface area contributed by atoms with E-state index >= 15 is 0 Å². The monoisotopic (exact) mass is 437 g/mol. The second-order valence-electron chi connectivity index (χ2n) is 7.57. The van der Waals surface area contributed by atoms with Crippen LogP contribution in [-0.4, -0.2) is 44.6 Å². The standard InChI is InChI=1S/C23H21F2N5O2/c1-14-8-10-30(23(32)15-5-4-9-26-12-15)13-16(14)20-11-19(28-29(20)2)22(31)27-21-17(24)6-3-7-18(21)25/h3-7,9,11-12H,8,10,13H2,1-2H3,(H,27,31). The number of para-hydroxylation sites is 1. The van der Waals surface area contributed by atoms with Crippen molar-refractivity contribution in [1.82, 2.24) is 19.7 Å². The molecule has 0 aliphatic carbocycles. The molecule has 0 saturated carbocycles. The zero-order chi connectivity index (χ0) is 22.8. The third kappa shape index (κ3) is 4.14. The van der Waals surface area contributed by atoms with E-state index in [0.29, 0.717) is 30.8 Å². The molecule has 9 heteroatoms. The third-order valence-corrected chi connectivity index (χ3v) is 5.44. The van der Waals surface area contributed by atoms with Gasteiger partial charge in [-0.1, -0.05) is 11.6 Å². The molecular weight excluding hydrogens is 416 g/mol. The molecule has 1 aliphatic rings. The first-order chi connectivity index (χ1) is 15.3. The minimum atomic E-state index is -0.870. The molecule has 1 N–H and O–H groups in total. The molecule has 164 valence electrons. The van der Waals surface area contributed by atoms with Gasteiger partial charge >= 0.3 is 0 Å². The summed E-state index contributed by atoms with van der Waals surface area (Å²) in [5.41, 5.74) is 2.61. The fraction of sp³-hybridized carbons (Fsp3) is 0.217. The minimum absolute atomic E-state index is 0.0150. The van der Waals surface area contributed by atoms with Gasteiger partial charge in [0.05, 0.1) is 11.3 Å². The fourth-order valence-electron chi connectivity index (χ4n) is 3.66. The maximum atomic E-state index is 13.9. The summed E-state index contributed by atoms with van der Waals surface area (Å²) in [5.74, 6) is -2.60. The quantitative estimate of drug-likeness (QED) is 0.676. The Morgan fingerprint density at radius 3 is 2.56 bits per heavy atom. The van der Waals surface area contributed by atoms with Crippen molar-refractivity contribution in [2.75, 3.05) is 18.4 Å². The Hall–Kier alpha value is -3.88. The Morgan fingerprint density at radius 2 is 1.88 bits per heavy atom. The van der Waals surface area contributed by atoms with Crippen LogP contribution in [0.4, 0.5) is 14.5 Å². The van der Waals surface area contributed by atoms with E-state index in [2.05, 4.69) is 15.4 Å². The molecule has 3 aromatic rings. The third-order valence-electron chi connectivity index (χ3n) is 5.44. The summed E-state index contributed by atoms with van der Waals surface area (Å²) in [5, 5.41) is 6.46. The van der Waals surface area contributed by atoms with E-state index in [4.69, 9.17) is 0 Å². The molecule has 7 nitrogen and oxygen atoms in total. The number of benzene rings is 1. The highest BCUT2D eigenvalue weighted by atomic mass is 19.1. The highest BCUT2D eigenvalue weighted by Crippen LogP contribution is 2.28. The van der Waals surface area contributed by atoms with E-state index in [1.54, 1.807) is 36.3 Å².